The van der Waals surface area contributed by atoms with E-state index in [0.29, 0.717) is 23.2 Å². The number of benzene rings is 2. The maximum absolute atomic E-state index is 13.2. The van der Waals surface area contributed by atoms with Crippen LogP contribution in [0.2, 0.25) is 0 Å². The third-order valence-corrected chi connectivity index (χ3v) is 6.32. The highest BCUT2D eigenvalue weighted by Gasteiger charge is 2.21. The van der Waals surface area contributed by atoms with Crippen molar-refractivity contribution < 1.29 is 13.9 Å². The minimum atomic E-state index is -0.451. The van der Waals surface area contributed by atoms with Crippen molar-refractivity contribution in [3.05, 3.63) is 77.9 Å². The number of hydrogen-bond acceptors (Lipinski definition) is 7. The molecule has 0 unspecified atom stereocenters. The van der Waals surface area contributed by atoms with Crippen molar-refractivity contribution in [2.24, 2.45) is 0 Å². The van der Waals surface area contributed by atoms with Crippen molar-refractivity contribution in [1.82, 2.24) is 20.0 Å². The molecule has 0 fully saturated rings. The molecule has 32 heavy (non-hydrogen) atoms. The Balaban J connectivity index is 1.47. The van der Waals surface area contributed by atoms with Crippen LogP contribution in [0.15, 0.2) is 65.1 Å². The van der Waals surface area contributed by atoms with Crippen LogP contribution < -0.4 is 10.1 Å². The van der Waals surface area contributed by atoms with Crippen LogP contribution in [0, 0.1) is 5.82 Å². The monoisotopic (exact) mass is 469 g/mol. The summed E-state index contributed by atoms with van der Waals surface area (Å²) in [7, 11) is 0. The van der Waals surface area contributed by atoms with E-state index in [1.807, 2.05) is 37.3 Å². The number of anilines is 1. The summed E-state index contributed by atoms with van der Waals surface area (Å²) in [4.78, 5) is 12.9. The molecule has 10 heteroatoms. The highest BCUT2D eigenvalue weighted by Crippen LogP contribution is 2.29. The summed E-state index contributed by atoms with van der Waals surface area (Å²) in [6.07, 6.45) is 2.39. The molecule has 0 bridgehead atoms. The lowest BCUT2D eigenvalue weighted by Gasteiger charge is -2.03. The summed E-state index contributed by atoms with van der Waals surface area (Å²) < 4.78 is 21.2. The van der Waals surface area contributed by atoms with E-state index >= 15 is 0 Å². The topological polar surface area (TPSA) is 81.9 Å². The van der Waals surface area contributed by atoms with Crippen molar-refractivity contribution in [3.63, 3.8) is 0 Å². The Morgan fingerprint density at radius 3 is 2.69 bits per heavy atom. The number of thioether (sulfide) groups is 1. The minimum Gasteiger partial charge on any atom is -0.489 e. The van der Waals surface area contributed by atoms with Crippen LogP contribution in [0.1, 0.15) is 29.4 Å². The third-order valence-electron chi connectivity index (χ3n) is 4.28. The predicted octanol–water partition coefficient (Wildman–Crippen LogP) is 5.20. The van der Waals surface area contributed by atoms with E-state index in [-0.39, 0.29) is 11.5 Å². The molecule has 4 aromatic rings. The standard InChI is InChI=1S/C22H20FN5O2S2/c1-2-12-30-18-13-28(17-10-8-16(23)9-11-17)27-19(18)20(29)24-21-25-26-22(32-21)31-14-15-6-4-3-5-7-15/h3-11,13H,2,12,14H2,1H3,(H,24,25,29). The van der Waals surface area contributed by atoms with Crippen molar-refractivity contribution >= 4 is 34.1 Å². The Bertz CT molecular complexity index is 1180. The average molecular weight is 470 g/mol. The fraction of sp³-hybridized carbons (Fsp3) is 0.182. The number of hydrogen-bond donors (Lipinski definition) is 1. The smallest absolute Gasteiger partial charge is 0.281 e. The molecule has 2 aromatic carbocycles. The Morgan fingerprint density at radius 1 is 1.16 bits per heavy atom. The fourth-order valence-corrected chi connectivity index (χ4v) is 4.46. The van der Waals surface area contributed by atoms with Crippen molar-refractivity contribution in [3.8, 4) is 11.4 Å². The highest BCUT2D eigenvalue weighted by molar-refractivity contribution is 8.00. The van der Waals surface area contributed by atoms with Gasteiger partial charge in [-0.3, -0.25) is 10.1 Å². The van der Waals surface area contributed by atoms with Gasteiger partial charge in [0.05, 0.1) is 18.5 Å². The summed E-state index contributed by atoms with van der Waals surface area (Å²) in [6, 6.07) is 15.9. The first-order valence-corrected chi connectivity index (χ1v) is 11.7. The Kier molecular flexibility index (Phi) is 7.13. The number of rotatable bonds is 9. The van der Waals surface area contributed by atoms with E-state index in [2.05, 4.69) is 20.6 Å². The zero-order valence-corrected chi connectivity index (χ0v) is 18.8. The number of carbonyl (C=O) groups excluding carboxylic acids is 1. The van der Waals surface area contributed by atoms with Crippen LogP contribution in [0.25, 0.3) is 5.69 Å². The highest BCUT2D eigenvalue weighted by atomic mass is 32.2. The summed E-state index contributed by atoms with van der Waals surface area (Å²) in [5, 5.41) is 15.7. The van der Waals surface area contributed by atoms with Crippen LogP contribution in [-0.4, -0.2) is 32.5 Å². The van der Waals surface area contributed by atoms with Gasteiger partial charge in [-0.2, -0.15) is 5.10 Å². The number of carbonyl (C=O) groups is 1. The molecule has 0 saturated carbocycles. The lowest BCUT2D eigenvalue weighted by atomic mass is 10.2. The molecule has 7 nitrogen and oxygen atoms in total. The molecule has 0 aliphatic heterocycles. The molecular formula is C22H20FN5O2S2. The number of amides is 1. The van der Waals surface area contributed by atoms with Crippen LogP contribution >= 0.6 is 23.1 Å². The maximum Gasteiger partial charge on any atom is 0.281 e. The molecule has 2 heterocycles. The third kappa shape index (κ3) is 5.51. The van der Waals surface area contributed by atoms with Gasteiger partial charge in [0.25, 0.3) is 5.91 Å². The number of nitrogens with zero attached hydrogens (tertiary/aromatic N) is 4. The van der Waals surface area contributed by atoms with E-state index in [4.69, 9.17) is 4.74 Å². The molecule has 0 atom stereocenters. The van der Waals surface area contributed by atoms with Gasteiger partial charge in [0.15, 0.2) is 15.8 Å². The second-order valence-electron chi connectivity index (χ2n) is 6.71. The Labute approximate surface area is 192 Å². The quantitative estimate of drug-likeness (QED) is 0.268. The first-order chi connectivity index (χ1) is 15.6. The molecule has 0 spiro atoms. The van der Waals surface area contributed by atoms with Crippen molar-refractivity contribution in [1.29, 1.82) is 0 Å². The Hall–Kier alpha value is -3.24. The predicted molar refractivity (Wildman–Crippen MR) is 123 cm³/mol. The zero-order valence-electron chi connectivity index (χ0n) is 17.2. The lowest BCUT2D eigenvalue weighted by molar-refractivity contribution is 0.101. The molecule has 0 saturated heterocycles. The van der Waals surface area contributed by atoms with E-state index < -0.39 is 5.91 Å². The van der Waals surface area contributed by atoms with E-state index in [1.165, 1.54) is 33.7 Å². The van der Waals surface area contributed by atoms with Gasteiger partial charge < -0.3 is 4.74 Å². The first-order valence-electron chi connectivity index (χ1n) is 9.92. The number of aromatic nitrogens is 4. The van der Waals surface area contributed by atoms with Crippen LogP contribution in [-0.2, 0) is 5.75 Å². The second-order valence-corrected chi connectivity index (χ2v) is 8.91. The van der Waals surface area contributed by atoms with Crippen LogP contribution in [0.5, 0.6) is 5.75 Å². The van der Waals surface area contributed by atoms with Crippen molar-refractivity contribution in [2.45, 2.75) is 23.4 Å². The van der Waals surface area contributed by atoms with Gasteiger partial charge in [-0.05, 0) is 36.2 Å². The van der Waals surface area contributed by atoms with E-state index in [0.717, 1.165) is 16.5 Å². The van der Waals surface area contributed by atoms with Crippen LogP contribution in [0.3, 0.4) is 0 Å². The van der Waals surface area contributed by atoms with Gasteiger partial charge in [-0.1, -0.05) is 60.4 Å². The van der Waals surface area contributed by atoms with Gasteiger partial charge in [-0.25, -0.2) is 9.07 Å². The number of ether oxygens (including phenoxy) is 1. The summed E-state index contributed by atoms with van der Waals surface area (Å²) in [6.45, 7) is 2.41. The van der Waals surface area contributed by atoms with E-state index in [9.17, 15) is 9.18 Å². The van der Waals surface area contributed by atoms with E-state index in [1.54, 1.807) is 30.1 Å². The molecule has 0 aliphatic rings. The van der Waals surface area contributed by atoms with Gasteiger partial charge >= 0.3 is 0 Å². The fourth-order valence-electron chi connectivity index (χ4n) is 2.75. The van der Waals surface area contributed by atoms with Crippen molar-refractivity contribution in [2.75, 3.05) is 11.9 Å². The molecule has 1 amide bonds. The second kappa shape index (κ2) is 10.4. The molecule has 2 aromatic heterocycles. The summed E-state index contributed by atoms with van der Waals surface area (Å²) in [5.41, 5.74) is 1.92. The van der Waals surface area contributed by atoms with Gasteiger partial charge in [0.1, 0.15) is 5.82 Å². The molecule has 164 valence electrons. The minimum absolute atomic E-state index is 0.122. The normalized spacial score (nSPS) is 10.8. The molecule has 0 aliphatic carbocycles. The SMILES string of the molecule is CCCOc1cn(-c2ccc(F)cc2)nc1C(=O)Nc1nnc(SCc2ccccc2)s1. The van der Waals surface area contributed by atoms with Gasteiger partial charge in [0.2, 0.25) is 5.13 Å². The first kappa shape index (κ1) is 22.0. The van der Waals surface area contributed by atoms with Gasteiger partial charge in [-0.15, -0.1) is 10.2 Å². The van der Waals surface area contributed by atoms with Crippen LogP contribution in [0.4, 0.5) is 9.52 Å². The zero-order chi connectivity index (χ0) is 22.3. The summed E-state index contributed by atoms with van der Waals surface area (Å²) in [5.74, 6) is 0.309. The summed E-state index contributed by atoms with van der Waals surface area (Å²) >= 11 is 2.85. The molecule has 4 rings (SSSR count). The largest absolute Gasteiger partial charge is 0.489 e. The number of nitrogens with one attached hydrogen (secondary N) is 1. The molecule has 0 radical (unpaired) electrons. The Morgan fingerprint density at radius 2 is 1.94 bits per heavy atom. The molecular weight excluding hydrogens is 449 g/mol. The number of halogens is 1. The molecule has 1 N–H and O–H groups in total. The average Bonchev–Trinajstić information content (AvgIpc) is 3.44. The maximum atomic E-state index is 13.2. The lowest BCUT2D eigenvalue weighted by Crippen LogP contribution is -2.14. The van der Waals surface area contributed by atoms with Gasteiger partial charge in [0, 0.05) is 5.75 Å².